The quantitative estimate of drug-likeness (QED) is 0.762. The Hall–Kier alpha value is -0.610. The van der Waals surface area contributed by atoms with Crippen molar-refractivity contribution in [3.8, 4) is 0 Å². The van der Waals surface area contributed by atoms with E-state index in [4.69, 9.17) is 17.0 Å². The third kappa shape index (κ3) is 1.77. The summed E-state index contributed by atoms with van der Waals surface area (Å²) in [7, 11) is 0. The van der Waals surface area contributed by atoms with Crippen molar-refractivity contribution in [3.63, 3.8) is 0 Å². The third-order valence-corrected chi connectivity index (χ3v) is 3.36. The molecule has 0 radical (unpaired) electrons. The summed E-state index contributed by atoms with van der Waals surface area (Å²) in [6, 6.07) is 0. The highest BCUT2D eigenvalue weighted by molar-refractivity contribution is 7.71. The van der Waals surface area contributed by atoms with Gasteiger partial charge in [-0.3, -0.25) is 0 Å². The van der Waals surface area contributed by atoms with Crippen molar-refractivity contribution in [2.45, 2.75) is 32.9 Å². The number of aromatic amines is 1. The summed E-state index contributed by atoms with van der Waals surface area (Å²) in [5.74, 6) is 0.608. The van der Waals surface area contributed by atoms with Crippen LogP contribution in [0.25, 0.3) is 0 Å². The number of nitrogens with zero attached hydrogens (tertiary/aromatic N) is 1. The summed E-state index contributed by atoms with van der Waals surface area (Å²) in [6.45, 7) is 6.09. The zero-order valence-corrected chi connectivity index (χ0v) is 9.43. The number of imidazole rings is 1. The Labute approximate surface area is 89.1 Å². The molecule has 0 saturated carbocycles. The summed E-state index contributed by atoms with van der Waals surface area (Å²) in [6.07, 6.45) is 3.47. The minimum Gasteiger partial charge on any atom is -0.378 e. The Morgan fingerprint density at radius 2 is 2.50 bits per heavy atom. The number of aromatic nitrogens is 2. The first-order chi connectivity index (χ1) is 6.68. The molecule has 2 atom stereocenters. The SMILES string of the molecule is Cc1c[nH]c(=S)n1CC1CCOC1C. The van der Waals surface area contributed by atoms with Gasteiger partial charge in [0, 0.05) is 31.0 Å². The maximum absolute atomic E-state index is 5.54. The van der Waals surface area contributed by atoms with Crippen LogP contribution in [0.2, 0.25) is 0 Å². The minimum absolute atomic E-state index is 0.367. The molecule has 1 saturated heterocycles. The molecule has 78 valence electrons. The maximum atomic E-state index is 5.54. The van der Waals surface area contributed by atoms with E-state index in [1.807, 2.05) is 6.20 Å². The van der Waals surface area contributed by atoms with E-state index in [1.54, 1.807) is 0 Å². The number of nitrogens with one attached hydrogen (secondary N) is 1. The van der Waals surface area contributed by atoms with Crippen LogP contribution in [-0.2, 0) is 11.3 Å². The van der Waals surface area contributed by atoms with Crippen molar-refractivity contribution in [1.29, 1.82) is 0 Å². The van der Waals surface area contributed by atoms with Crippen molar-refractivity contribution in [1.82, 2.24) is 9.55 Å². The van der Waals surface area contributed by atoms with Crippen molar-refractivity contribution < 1.29 is 4.74 Å². The molecule has 0 aromatic carbocycles. The van der Waals surface area contributed by atoms with Gasteiger partial charge in [-0.15, -0.1) is 0 Å². The van der Waals surface area contributed by atoms with Crippen LogP contribution in [0.1, 0.15) is 19.0 Å². The molecule has 2 unspecified atom stereocenters. The molecule has 1 aliphatic rings. The van der Waals surface area contributed by atoms with Crippen LogP contribution in [0.3, 0.4) is 0 Å². The van der Waals surface area contributed by atoms with E-state index in [2.05, 4.69) is 23.4 Å². The molecule has 3 nitrogen and oxygen atoms in total. The van der Waals surface area contributed by atoms with Crippen molar-refractivity contribution in [2.24, 2.45) is 5.92 Å². The van der Waals surface area contributed by atoms with Gasteiger partial charge in [-0.25, -0.2) is 0 Å². The van der Waals surface area contributed by atoms with Gasteiger partial charge in [0.1, 0.15) is 0 Å². The zero-order chi connectivity index (χ0) is 10.1. The minimum atomic E-state index is 0.367. The molecule has 1 aromatic rings. The number of ether oxygens (including phenoxy) is 1. The molecule has 1 aromatic heterocycles. The molecule has 0 spiro atoms. The van der Waals surface area contributed by atoms with Gasteiger partial charge in [0.05, 0.1) is 6.10 Å². The lowest BCUT2D eigenvalue weighted by atomic mass is 10.0. The van der Waals surface area contributed by atoms with Gasteiger partial charge < -0.3 is 14.3 Å². The second-order valence-corrected chi connectivity index (χ2v) is 4.36. The predicted molar refractivity (Wildman–Crippen MR) is 57.9 cm³/mol. The summed E-state index contributed by atoms with van der Waals surface area (Å²) in [5.41, 5.74) is 1.20. The summed E-state index contributed by atoms with van der Waals surface area (Å²) < 4.78 is 8.52. The van der Waals surface area contributed by atoms with Gasteiger partial charge in [0.2, 0.25) is 0 Å². The van der Waals surface area contributed by atoms with E-state index >= 15 is 0 Å². The normalized spacial score (nSPS) is 27.0. The van der Waals surface area contributed by atoms with E-state index in [-0.39, 0.29) is 0 Å². The first-order valence-electron chi connectivity index (χ1n) is 5.05. The lowest BCUT2D eigenvalue weighted by molar-refractivity contribution is 0.101. The smallest absolute Gasteiger partial charge is 0.177 e. The van der Waals surface area contributed by atoms with Crippen LogP contribution in [-0.4, -0.2) is 22.3 Å². The molecule has 1 fully saturated rings. The van der Waals surface area contributed by atoms with Crippen LogP contribution in [0.5, 0.6) is 0 Å². The van der Waals surface area contributed by atoms with E-state index in [0.717, 1.165) is 24.3 Å². The van der Waals surface area contributed by atoms with Gasteiger partial charge >= 0.3 is 0 Å². The first-order valence-corrected chi connectivity index (χ1v) is 5.45. The van der Waals surface area contributed by atoms with E-state index in [0.29, 0.717) is 12.0 Å². The summed E-state index contributed by atoms with van der Waals surface area (Å²) in [5, 5.41) is 0. The molecule has 0 aliphatic carbocycles. The Morgan fingerprint density at radius 1 is 1.71 bits per heavy atom. The number of aryl methyl sites for hydroxylation is 1. The maximum Gasteiger partial charge on any atom is 0.177 e. The van der Waals surface area contributed by atoms with Crippen molar-refractivity contribution in [2.75, 3.05) is 6.61 Å². The highest BCUT2D eigenvalue weighted by Crippen LogP contribution is 2.22. The van der Waals surface area contributed by atoms with Gasteiger partial charge in [0.15, 0.2) is 4.77 Å². The standard InChI is InChI=1S/C10H16N2OS/c1-7-5-11-10(14)12(7)6-9-3-4-13-8(9)2/h5,8-9H,3-4,6H2,1-2H3,(H,11,14). The highest BCUT2D eigenvalue weighted by atomic mass is 32.1. The molecular weight excluding hydrogens is 196 g/mol. The van der Waals surface area contributed by atoms with Gasteiger partial charge in [-0.1, -0.05) is 0 Å². The summed E-state index contributed by atoms with van der Waals surface area (Å²) >= 11 is 5.21. The second-order valence-electron chi connectivity index (χ2n) is 3.97. The van der Waals surface area contributed by atoms with Crippen molar-refractivity contribution in [3.05, 3.63) is 16.7 Å². The predicted octanol–water partition coefficient (Wildman–Crippen LogP) is 2.28. The average molecular weight is 212 g/mol. The number of hydrogen-bond acceptors (Lipinski definition) is 2. The van der Waals surface area contributed by atoms with Crippen LogP contribution >= 0.6 is 12.2 Å². The molecule has 1 N–H and O–H groups in total. The fourth-order valence-corrected chi connectivity index (χ4v) is 2.24. The van der Waals surface area contributed by atoms with E-state index in [9.17, 15) is 0 Å². The Kier molecular flexibility index (Phi) is 2.74. The topological polar surface area (TPSA) is 29.9 Å². The van der Waals surface area contributed by atoms with Crippen LogP contribution < -0.4 is 0 Å². The van der Waals surface area contributed by atoms with Crippen LogP contribution in [0.15, 0.2) is 6.20 Å². The van der Waals surface area contributed by atoms with E-state index < -0.39 is 0 Å². The fourth-order valence-electron chi connectivity index (χ4n) is 1.96. The van der Waals surface area contributed by atoms with Crippen molar-refractivity contribution >= 4 is 12.2 Å². The van der Waals surface area contributed by atoms with E-state index in [1.165, 1.54) is 5.69 Å². The number of rotatable bonds is 2. The third-order valence-electron chi connectivity index (χ3n) is 3.03. The molecule has 4 heteroatoms. The zero-order valence-electron chi connectivity index (χ0n) is 8.62. The Balaban J connectivity index is 2.14. The molecule has 0 bridgehead atoms. The highest BCUT2D eigenvalue weighted by Gasteiger charge is 2.24. The number of hydrogen-bond donors (Lipinski definition) is 1. The molecule has 2 rings (SSSR count). The average Bonchev–Trinajstić information content (AvgIpc) is 2.67. The number of H-pyrrole nitrogens is 1. The second kappa shape index (κ2) is 3.87. The lowest BCUT2D eigenvalue weighted by Crippen LogP contribution is -2.18. The van der Waals surface area contributed by atoms with Gasteiger partial charge in [0.25, 0.3) is 0 Å². The largest absolute Gasteiger partial charge is 0.378 e. The monoisotopic (exact) mass is 212 g/mol. The van der Waals surface area contributed by atoms with Gasteiger partial charge in [-0.05, 0) is 32.5 Å². The Bertz CT molecular complexity index is 368. The Morgan fingerprint density at radius 3 is 3.00 bits per heavy atom. The lowest BCUT2D eigenvalue weighted by Gasteiger charge is -2.15. The molecule has 0 amide bonds. The van der Waals surface area contributed by atoms with Gasteiger partial charge in [-0.2, -0.15) is 0 Å². The van der Waals surface area contributed by atoms with Crippen LogP contribution in [0, 0.1) is 17.6 Å². The summed E-state index contributed by atoms with van der Waals surface area (Å²) in [4.78, 5) is 3.06. The molecular formula is C10H16N2OS. The fraction of sp³-hybridized carbons (Fsp3) is 0.700. The molecule has 14 heavy (non-hydrogen) atoms. The first kappa shape index (κ1) is 9.93. The molecule has 1 aliphatic heterocycles. The van der Waals surface area contributed by atoms with Crippen LogP contribution in [0.4, 0.5) is 0 Å². The molecule has 2 heterocycles.